The molecule has 1 aromatic carbocycles. The maximum Gasteiger partial charge on any atom is 0.293 e. The van der Waals surface area contributed by atoms with Crippen LogP contribution < -0.4 is 5.32 Å². The summed E-state index contributed by atoms with van der Waals surface area (Å²) in [6, 6.07) is 4.62. The molecule has 5 rings (SSSR count). The average molecular weight is 406 g/mol. The Bertz CT molecular complexity index is 897. The molecular weight excluding hydrogens is 378 g/mol. The third-order valence-electron chi connectivity index (χ3n) is 7.64. The quantitative estimate of drug-likeness (QED) is 0.597. The lowest BCUT2D eigenvalue weighted by molar-refractivity contribution is -0.384. The molecule has 4 fully saturated rings. The summed E-state index contributed by atoms with van der Waals surface area (Å²) in [5.74, 6) is 2.99. The van der Waals surface area contributed by atoms with Crippen molar-refractivity contribution in [1.29, 1.82) is 0 Å². The summed E-state index contributed by atoms with van der Waals surface area (Å²) >= 11 is 0. The van der Waals surface area contributed by atoms with Gasteiger partial charge < -0.3 is 5.32 Å². The lowest BCUT2D eigenvalue weighted by atomic mass is 9.79. The molecule has 152 valence electrons. The average Bonchev–Trinajstić information content (AvgIpc) is 3.42. The Morgan fingerprint density at radius 2 is 1.79 bits per heavy atom. The van der Waals surface area contributed by atoms with Crippen molar-refractivity contribution in [2.45, 2.75) is 55.9 Å². The molecule has 0 spiro atoms. The summed E-state index contributed by atoms with van der Waals surface area (Å²) in [5.41, 5.74) is 0.323. The minimum absolute atomic E-state index is 0.0236. The molecule has 0 unspecified atom stereocenters. The molecule has 1 aliphatic heterocycles. The lowest BCUT2D eigenvalue weighted by Crippen LogP contribution is -2.34. The molecule has 28 heavy (non-hydrogen) atoms. The number of sulfonamides is 1. The van der Waals surface area contributed by atoms with Crippen LogP contribution in [0.1, 0.15) is 44.9 Å². The monoisotopic (exact) mass is 405 g/mol. The van der Waals surface area contributed by atoms with Crippen molar-refractivity contribution in [2.75, 3.05) is 18.4 Å². The van der Waals surface area contributed by atoms with Crippen molar-refractivity contribution in [2.24, 2.45) is 23.7 Å². The third kappa shape index (κ3) is 2.84. The lowest BCUT2D eigenvalue weighted by Gasteiger charge is -2.32. The number of nitro groups is 1. The predicted octanol–water partition coefficient (Wildman–Crippen LogP) is 3.62. The largest absolute Gasteiger partial charge is 0.376 e. The number of hydrogen-bond acceptors (Lipinski definition) is 5. The van der Waals surface area contributed by atoms with Crippen LogP contribution in [0.2, 0.25) is 0 Å². The molecule has 3 aliphatic carbocycles. The molecule has 1 aromatic rings. The number of anilines is 1. The van der Waals surface area contributed by atoms with Gasteiger partial charge in [0.15, 0.2) is 0 Å². The van der Waals surface area contributed by atoms with E-state index in [4.69, 9.17) is 0 Å². The molecule has 8 heteroatoms. The minimum atomic E-state index is -3.66. The zero-order chi connectivity index (χ0) is 19.5. The van der Waals surface area contributed by atoms with E-state index >= 15 is 0 Å². The molecule has 2 bridgehead atoms. The van der Waals surface area contributed by atoms with Crippen LogP contribution >= 0.6 is 0 Å². The van der Waals surface area contributed by atoms with E-state index in [1.165, 1.54) is 42.1 Å². The maximum atomic E-state index is 12.8. The van der Waals surface area contributed by atoms with Gasteiger partial charge in [-0.05, 0) is 74.3 Å². The Morgan fingerprint density at radius 1 is 1.04 bits per heavy atom. The van der Waals surface area contributed by atoms with Crippen LogP contribution in [0.3, 0.4) is 0 Å². The summed E-state index contributed by atoms with van der Waals surface area (Å²) in [7, 11) is -3.66. The van der Waals surface area contributed by atoms with E-state index < -0.39 is 14.9 Å². The predicted molar refractivity (Wildman–Crippen MR) is 106 cm³/mol. The molecule has 3 saturated carbocycles. The second-order valence-corrected chi connectivity index (χ2v) is 10.9. The van der Waals surface area contributed by atoms with Gasteiger partial charge in [0.25, 0.3) is 5.69 Å². The Kier molecular flexibility index (Phi) is 4.39. The van der Waals surface area contributed by atoms with Gasteiger partial charge in [0.2, 0.25) is 10.0 Å². The smallest absolute Gasteiger partial charge is 0.293 e. The highest BCUT2D eigenvalue weighted by Gasteiger charge is 2.53. The van der Waals surface area contributed by atoms with E-state index in [2.05, 4.69) is 5.32 Å². The number of nitrogens with zero attached hydrogens (tertiary/aromatic N) is 2. The van der Waals surface area contributed by atoms with Crippen molar-refractivity contribution in [3.63, 3.8) is 0 Å². The highest BCUT2D eigenvalue weighted by atomic mass is 32.2. The van der Waals surface area contributed by atoms with Crippen LogP contribution in [-0.4, -0.2) is 36.8 Å². The van der Waals surface area contributed by atoms with E-state index in [-0.39, 0.29) is 16.6 Å². The molecule has 1 saturated heterocycles. The molecule has 0 aromatic heterocycles. The first-order valence-corrected chi connectivity index (χ1v) is 11.9. The highest BCUT2D eigenvalue weighted by Crippen LogP contribution is 2.59. The maximum absolute atomic E-state index is 12.8. The summed E-state index contributed by atoms with van der Waals surface area (Å²) in [6.45, 7) is 0.980. The fraction of sp³-hybridized carbons (Fsp3) is 0.700. The molecule has 0 amide bonds. The Labute approximate surface area is 165 Å². The number of benzene rings is 1. The van der Waals surface area contributed by atoms with Gasteiger partial charge in [-0.2, -0.15) is 4.31 Å². The molecule has 1 N–H and O–H groups in total. The Balaban J connectivity index is 1.40. The fourth-order valence-corrected chi connectivity index (χ4v) is 7.99. The minimum Gasteiger partial charge on any atom is -0.376 e. The van der Waals surface area contributed by atoms with E-state index in [0.717, 1.165) is 37.0 Å². The standard InChI is InChI=1S/C20H27N3O4S/c24-23(25)20-12-14(28(26,27)22-8-1-2-9-22)6-7-18(20)21-19-11-13-10-17(19)16-5-3-4-15(13)16/h6-7,12-13,15-17,19,21H,1-5,8-11H2/t13-,15+,16+,17+,19-/m1/s1. The van der Waals surface area contributed by atoms with Crippen LogP contribution in [0.15, 0.2) is 23.1 Å². The SMILES string of the molecule is O=[N+]([O-])c1cc(S(=O)(=O)N2CCCC2)ccc1N[C@@H]1C[C@H]2C[C@H]1[C@H]1CCC[C@@H]21. The number of fused-ring (bicyclic) bond motifs is 5. The van der Waals surface area contributed by atoms with Crippen LogP contribution in [-0.2, 0) is 10.0 Å². The molecular formula is C20H27N3O4S. The van der Waals surface area contributed by atoms with Crippen molar-refractivity contribution in [1.82, 2.24) is 4.31 Å². The van der Waals surface area contributed by atoms with Gasteiger partial charge in [-0.15, -0.1) is 0 Å². The van der Waals surface area contributed by atoms with Crippen molar-refractivity contribution in [3.8, 4) is 0 Å². The molecule has 0 radical (unpaired) electrons. The van der Waals surface area contributed by atoms with E-state index in [0.29, 0.717) is 24.7 Å². The van der Waals surface area contributed by atoms with Gasteiger partial charge in [-0.25, -0.2) is 8.42 Å². The van der Waals surface area contributed by atoms with Gasteiger partial charge in [0.05, 0.1) is 9.82 Å². The second kappa shape index (κ2) is 6.69. The summed E-state index contributed by atoms with van der Waals surface area (Å²) in [4.78, 5) is 11.3. The Hall–Kier alpha value is -1.67. The number of rotatable bonds is 5. The van der Waals surface area contributed by atoms with Crippen LogP contribution in [0.4, 0.5) is 11.4 Å². The first kappa shape index (κ1) is 18.4. The van der Waals surface area contributed by atoms with Gasteiger partial charge in [0, 0.05) is 25.2 Å². The zero-order valence-corrected chi connectivity index (χ0v) is 16.7. The van der Waals surface area contributed by atoms with Gasteiger partial charge in [-0.1, -0.05) is 6.42 Å². The van der Waals surface area contributed by atoms with Crippen LogP contribution in [0.5, 0.6) is 0 Å². The number of hydrogen-bond donors (Lipinski definition) is 1. The molecule has 5 atom stereocenters. The van der Waals surface area contributed by atoms with E-state index in [1.54, 1.807) is 6.07 Å². The first-order chi connectivity index (χ1) is 13.4. The van der Waals surface area contributed by atoms with E-state index in [1.807, 2.05) is 0 Å². The van der Waals surface area contributed by atoms with Crippen molar-refractivity contribution < 1.29 is 13.3 Å². The number of nitro benzene ring substituents is 1. The van der Waals surface area contributed by atoms with Crippen LogP contribution in [0.25, 0.3) is 0 Å². The van der Waals surface area contributed by atoms with Crippen LogP contribution in [0, 0.1) is 33.8 Å². The summed E-state index contributed by atoms with van der Waals surface area (Å²) in [6.07, 6.45) is 7.96. The van der Waals surface area contributed by atoms with Crippen molar-refractivity contribution in [3.05, 3.63) is 28.3 Å². The van der Waals surface area contributed by atoms with Gasteiger partial charge in [0.1, 0.15) is 5.69 Å². The zero-order valence-electron chi connectivity index (χ0n) is 15.9. The summed E-state index contributed by atoms with van der Waals surface area (Å²) < 4.78 is 27.0. The molecule has 4 aliphatic rings. The highest BCUT2D eigenvalue weighted by molar-refractivity contribution is 7.89. The van der Waals surface area contributed by atoms with Gasteiger partial charge >= 0.3 is 0 Å². The molecule has 1 heterocycles. The summed E-state index contributed by atoms with van der Waals surface area (Å²) in [5, 5.41) is 15.1. The molecule has 7 nitrogen and oxygen atoms in total. The fourth-order valence-electron chi connectivity index (χ4n) is 6.46. The first-order valence-electron chi connectivity index (χ1n) is 10.5. The van der Waals surface area contributed by atoms with Gasteiger partial charge in [-0.3, -0.25) is 10.1 Å². The second-order valence-electron chi connectivity index (χ2n) is 8.95. The normalized spacial score (nSPS) is 34.6. The Morgan fingerprint density at radius 3 is 2.54 bits per heavy atom. The topological polar surface area (TPSA) is 92.5 Å². The third-order valence-corrected chi connectivity index (χ3v) is 9.53. The van der Waals surface area contributed by atoms with Crippen molar-refractivity contribution >= 4 is 21.4 Å². The van der Waals surface area contributed by atoms with E-state index in [9.17, 15) is 18.5 Å². The number of nitrogens with one attached hydrogen (secondary N) is 1.